The van der Waals surface area contributed by atoms with E-state index in [0.29, 0.717) is 18.7 Å². The highest BCUT2D eigenvalue weighted by Crippen LogP contribution is 2.24. The lowest BCUT2D eigenvalue weighted by atomic mass is 10.1. The average Bonchev–Trinajstić information content (AvgIpc) is 2.89. The predicted octanol–water partition coefficient (Wildman–Crippen LogP) is 3.79. The Balaban J connectivity index is 1.95. The number of anilines is 1. The number of nitrogens with zero attached hydrogens (tertiary/aromatic N) is 2. The van der Waals surface area contributed by atoms with E-state index in [4.69, 9.17) is 0 Å². The molecule has 0 aliphatic rings. The first kappa shape index (κ1) is 26.9. The minimum atomic E-state index is -4.03. The average molecular weight is 508 g/mol. The quantitative estimate of drug-likeness (QED) is 0.428. The van der Waals surface area contributed by atoms with Crippen LogP contribution in [0.3, 0.4) is 0 Å². The van der Waals surface area contributed by atoms with Crippen LogP contribution >= 0.6 is 0 Å². The van der Waals surface area contributed by atoms with Crippen molar-refractivity contribution in [2.24, 2.45) is 0 Å². The lowest BCUT2D eigenvalue weighted by Crippen LogP contribution is -2.52. The second-order valence-corrected chi connectivity index (χ2v) is 10.4. The fourth-order valence-corrected chi connectivity index (χ4v) is 5.29. The second-order valence-electron chi connectivity index (χ2n) is 8.55. The van der Waals surface area contributed by atoms with E-state index in [0.717, 1.165) is 15.4 Å². The molecule has 1 N–H and O–H groups in total. The van der Waals surface area contributed by atoms with Crippen LogP contribution in [0.15, 0.2) is 89.8 Å². The van der Waals surface area contributed by atoms with Crippen molar-refractivity contribution in [3.63, 3.8) is 0 Å². The van der Waals surface area contributed by atoms with E-state index in [-0.39, 0.29) is 17.3 Å². The minimum absolute atomic E-state index is 0.0889. The maximum absolute atomic E-state index is 13.7. The molecule has 0 fully saturated rings. The monoisotopic (exact) mass is 507 g/mol. The summed E-state index contributed by atoms with van der Waals surface area (Å²) >= 11 is 0. The Morgan fingerprint density at radius 3 is 2.06 bits per heavy atom. The van der Waals surface area contributed by atoms with Gasteiger partial charge in [-0.25, -0.2) is 8.42 Å². The molecule has 0 saturated heterocycles. The summed E-state index contributed by atoms with van der Waals surface area (Å²) in [6.45, 7) is 5.65. The van der Waals surface area contributed by atoms with Crippen molar-refractivity contribution in [1.29, 1.82) is 0 Å². The maximum Gasteiger partial charge on any atom is 0.264 e. The molecule has 1 unspecified atom stereocenters. The fourth-order valence-electron chi connectivity index (χ4n) is 3.85. The summed E-state index contributed by atoms with van der Waals surface area (Å²) in [6.07, 6.45) is 0.534. The molecule has 0 heterocycles. The number of hydrogen-bond donors (Lipinski definition) is 1. The van der Waals surface area contributed by atoms with E-state index in [1.54, 1.807) is 49.4 Å². The van der Waals surface area contributed by atoms with E-state index in [1.165, 1.54) is 17.0 Å². The van der Waals surface area contributed by atoms with Gasteiger partial charge in [0.25, 0.3) is 10.0 Å². The lowest BCUT2D eigenvalue weighted by molar-refractivity contribution is -0.138. The van der Waals surface area contributed by atoms with Crippen molar-refractivity contribution in [2.45, 2.75) is 38.1 Å². The maximum atomic E-state index is 13.7. The zero-order chi connectivity index (χ0) is 26.1. The number of benzene rings is 3. The molecule has 0 saturated carbocycles. The van der Waals surface area contributed by atoms with Gasteiger partial charge in [-0.2, -0.15) is 0 Å². The molecule has 3 aromatic carbocycles. The highest BCUT2D eigenvalue weighted by Gasteiger charge is 2.32. The summed E-state index contributed by atoms with van der Waals surface area (Å²) in [5.41, 5.74) is 2.37. The molecule has 1 atom stereocenters. The first-order chi connectivity index (χ1) is 17.2. The van der Waals surface area contributed by atoms with Gasteiger partial charge in [0, 0.05) is 13.1 Å². The van der Waals surface area contributed by atoms with E-state index in [9.17, 15) is 18.0 Å². The van der Waals surface area contributed by atoms with Crippen LogP contribution in [0.4, 0.5) is 5.69 Å². The van der Waals surface area contributed by atoms with Gasteiger partial charge in [-0.1, -0.05) is 66.2 Å². The zero-order valence-corrected chi connectivity index (χ0v) is 21.7. The molecule has 8 heteroatoms. The number of amides is 2. The lowest BCUT2D eigenvalue weighted by Gasteiger charge is -2.32. The third-order valence-corrected chi connectivity index (χ3v) is 7.72. The highest BCUT2D eigenvalue weighted by atomic mass is 32.2. The first-order valence-corrected chi connectivity index (χ1v) is 13.4. The number of rotatable bonds is 11. The van der Waals surface area contributed by atoms with Crippen LogP contribution in [0.25, 0.3) is 0 Å². The Morgan fingerprint density at radius 1 is 0.889 bits per heavy atom. The Hall–Kier alpha value is -3.65. The van der Waals surface area contributed by atoms with Gasteiger partial charge in [0.2, 0.25) is 11.8 Å². The molecule has 3 rings (SSSR count). The van der Waals surface area contributed by atoms with Gasteiger partial charge >= 0.3 is 0 Å². The highest BCUT2D eigenvalue weighted by molar-refractivity contribution is 7.92. The molecule has 36 heavy (non-hydrogen) atoms. The molecule has 3 aromatic rings. The normalized spacial score (nSPS) is 12.0. The van der Waals surface area contributed by atoms with E-state index in [1.807, 2.05) is 44.2 Å². The van der Waals surface area contributed by atoms with Gasteiger partial charge in [-0.05, 0) is 57.0 Å². The van der Waals surface area contributed by atoms with Crippen LogP contribution in [0.2, 0.25) is 0 Å². The van der Waals surface area contributed by atoms with Crippen molar-refractivity contribution in [3.8, 4) is 0 Å². The molecule has 0 aromatic heterocycles. The minimum Gasteiger partial charge on any atom is -0.355 e. The Bertz CT molecular complexity index is 1250. The first-order valence-electron chi connectivity index (χ1n) is 12.0. The third-order valence-electron chi connectivity index (χ3n) is 5.93. The summed E-state index contributed by atoms with van der Waals surface area (Å²) < 4.78 is 28.4. The summed E-state index contributed by atoms with van der Waals surface area (Å²) in [4.78, 5) is 27.9. The predicted molar refractivity (Wildman–Crippen MR) is 142 cm³/mol. The van der Waals surface area contributed by atoms with Gasteiger partial charge in [-0.15, -0.1) is 0 Å². The molecule has 0 aliphatic heterocycles. The smallest absolute Gasteiger partial charge is 0.264 e. The van der Waals surface area contributed by atoms with Crippen molar-refractivity contribution in [3.05, 3.63) is 96.1 Å². The largest absolute Gasteiger partial charge is 0.355 e. The van der Waals surface area contributed by atoms with Gasteiger partial charge in [0.1, 0.15) is 12.6 Å². The Labute approximate surface area is 213 Å². The van der Waals surface area contributed by atoms with Crippen LogP contribution in [-0.2, 0) is 26.0 Å². The third kappa shape index (κ3) is 6.73. The molecule has 0 aliphatic carbocycles. The van der Waals surface area contributed by atoms with E-state index < -0.39 is 28.5 Å². The number of carbonyl (C=O) groups excluding carboxylic acids is 2. The Kier molecular flexibility index (Phi) is 9.25. The van der Waals surface area contributed by atoms with Crippen molar-refractivity contribution >= 4 is 27.5 Å². The van der Waals surface area contributed by atoms with Crippen LogP contribution in [0, 0.1) is 6.92 Å². The molecule has 7 nitrogen and oxygen atoms in total. The molecular formula is C28H33N3O4S. The van der Waals surface area contributed by atoms with Crippen molar-refractivity contribution in [1.82, 2.24) is 10.2 Å². The number of hydrogen-bond acceptors (Lipinski definition) is 4. The zero-order valence-electron chi connectivity index (χ0n) is 20.9. The number of aryl methyl sites for hydroxylation is 1. The van der Waals surface area contributed by atoms with Gasteiger partial charge in [-0.3, -0.25) is 13.9 Å². The van der Waals surface area contributed by atoms with Crippen molar-refractivity contribution < 1.29 is 18.0 Å². The van der Waals surface area contributed by atoms with Crippen LogP contribution in [-0.4, -0.2) is 50.8 Å². The summed E-state index contributed by atoms with van der Waals surface area (Å²) in [6, 6.07) is 23.9. The van der Waals surface area contributed by atoms with E-state index >= 15 is 0 Å². The van der Waals surface area contributed by atoms with Crippen LogP contribution < -0.4 is 9.62 Å². The summed E-state index contributed by atoms with van der Waals surface area (Å²) in [5.74, 6) is -0.739. The molecular weight excluding hydrogens is 474 g/mol. The number of carbonyl (C=O) groups is 2. The topological polar surface area (TPSA) is 86.8 Å². The molecule has 2 amide bonds. The molecule has 190 valence electrons. The van der Waals surface area contributed by atoms with Gasteiger partial charge in [0.15, 0.2) is 0 Å². The SMILES string of the molecule is CCNC(=O)C(C)N(CCc1ccccc1)C(=O)CN(c1ccc(C)cc1)S(=O)(=O)c1ccccc1. The van der Waals surface area contributed by atoms with Gasteiger partial charge in [0.05, 0.1) is 10.6 Å². The van der Waals surface area contributed by atoms with Crippen LogP contribution in [0.1, 0.15) is 25.0 Å². The number of sulfonamides is 1. The van der Waals surface area contributed by atoms with Crippen molar-refractivity contribution in [2.75, 3.05) is 23.9 Å². The second kappa shape index (κ2) is 12.4. The summed E-state index contributed by atoms with van der Waals surface area (Å²) in [5, 5.41) is 2.76. The van der Waals surface area contributed by atoms with Crippen LogP contribution in [0.5, 0.6) is 0 Å². The number of nitrogens with one attached hydrogen (secondary N) is 1. The molecule has 0 bridgehead atoms. The van der Waals surface area contributed by atoms with E-state index in [2.05, 4.69) is 5.32 Å². The Morgan fingerprint density at radius 2 is 1.47 bits per heavy atom. The number of likely N-dealkylation sites (N-methyl/N-ethyl adjacent to an activating group) is 1. The van der Waals surface area contributed by atoms with Gasteiger partial charge < -0.3 is 10.2 Å². The standard InChI is InChI=1S/C28H33N3O4S/c1-4-29-28(33)23(3)30(20-19-24-11-7-5-8-12-24)27(32)21-31(25-17-15-22(2)16-18-25)36(34,35)26-13-9-6-10-14-26/h5-18,23H,4,19-21H2,1-3H3,(H,29,33). The fraction of sp³-hybridized carbons (Fsp3) is 0.286. The molecule has 0 radical (unpaired) electrons. The molecule has 0 spiro atoms. The summed E-state index contributed by atoms with van der Waals surface area (Å²) in [7, 11) is -4.03.